The summed E-state index contributed by atoms with van der Waals surface area (Å²) >= 11 is 1.56. The number of aromatic nitrogens is 2. The van der Waals surface area contributed by atoms with Crippen molar-refractivity contribution in [3.8, 4) is 10.4 Å². The van der Waals surface area contributed by atoms with Crippen LogP contribution in [0.1, 0.15) is 38.0 Å². The van der Waals surface area contributed by atoms with Gasteiger partial charge in [0.1, 0.15) is 11.4 Å². The average Bonchev–Trinajstić information content (AvgIpc) is 3.38. The van der Waals surface area contributed by atoms with Gasteiger partial charge in [-0.1, -0.05) is 54.1 Å². The Bertz CT molecular complexity index is 1460. The molecule has 1 saturated carbocycles. The van der Waals surface area contributed by atoms with Crippen LogP contribution in [0.25, 0.3) is 21.2 Å². The van der Waals surface area contributed by atoms with E-state index in [0.29, 0.717) is 29.8 Å². The fraction of sp³-hybridized carbons (Fsp3) is 0.286. The highest BCUT2D eigenvalue weighted by atomic mass is 32.1. The standard InChI is InChI=1S/C28H26N4O2S/c1-16-6-5-8-19(12-16)26-25(31-17(2)35-26)28(34)32-15-20-13-22(20)23(32)14-30-27(33)24-21-9-4-3-7-18(21)10-11-29-24/h3-12,20,22-23H,13-15H2,1-2H3,(H,30,33)/t20-,22-,23+/m0/s1. The molecular weight excluding hydrogens is 456 g/mol. The molecule has 2 aromatic heterocycles. The predicted molar refractivity (Wildman–Crippen MR) is 138 cm³/mol. The minimum atomic E-state index is -0.205. The number of thiazole rings is 1. The molecule has 2 amide bonds. The van der Waals surface area contributed by atoms with Crippen molar-refractivity contribution in [1.29, 1.82) is 0 Å². The van der Waals surface area contributed by atoms with Crippen LogP contribution in [0.3, 0.4) is 0 Å². The van der Waals surface area contributed by atoms with Crippen LogP contribution in [0.4, 0.5) is 0 Å². The lowest BCUT2D eigenvalue weighted by atomic mass is 10.1. The predicted octanol–water partition coefficient (Wildman–Crippen LogP) is 4.87. The third kappa shape index (κ3) is 4.00. The van der Waals surface area contributed by atoms with Crippen molar-refractivity contribution in [2.24, 2.45) is 11.8 Å². The summed E-state index contributed by atoms with van der Waals surface area (Å²) in [7, 11) is 0. The summed E-state index contributed by atoms with van der Waals surface area (Å²) in [6.07, 6.45) is 2.77. The van der Waals surface area contributed by atoms with E-state index in [-0.39, 0.29) is 17.9 Å². The fourth-order valence-corrected chi connectivity index (χ4v) is 6.24. The summed E-state index contributed by atoms with van der Waals surface area (Å²) in [6.45, 7) is 5.13. The number of aryl methyl sites for hydroxylation is 2. The van der Waals surface area contributed by atoms with E-state index in [9.17, 15) is 9.59 Å². The Morgan fingerprint density at radius 3 is 2.80 bits per heavy atom. The number of nitrogens with zero attached hydrogens (tertiary/aromatic N) is 3. The van der Waals surface area contributed by atoms with Crippen LogP contribution in [-0.2, 0) is 0 Å². The molecule has 2 aromatic carbocycles. The first-order valence-corrected chi connectivity index (χ1v) is 12.8. The number of pyridine rings is 1. The van der Waals surface area contributed by atoms with E-state index in [4.69, 9.17) is 0 Å². The van der Waals surface area contributed by atoms with Crippen LogP contribution < -0.4 is 5.32 Å². The number of amides is 2. The molecular formula is C28H26N4O2S. The number of carbonyl (C=O) groups is 2. The van der Waals surface area contributed by atoms with Crippen molar-refractivity contribution in [1.82, 2.24) is 20.2 Å². The Hall–Kier alpha value is -3.58. The lowest BCUT2D eigenvalue weighted by Gasteiger charge is -2.27. The summed E-state index contributed by atoms with van der Waals surface area (Å²) in [5, 5.41) is 5.76. The molecule has 3 heterocycles. The Morgan fingerprint density at radius 2 is 1.94 bits per heavy atom. The maximum Gasteiger partial charge on any atom is 0.274 e. The molecule has 1 saturated heterocycles. The minimum Gasteiger partial charge on any atom is -0.349 e. The SMILES string of the molecule is Cc1cccc(-c2sc(C)nc2C(=O)N2C[C@@H]3C[C@@H]3[C@H]2CNC(=O)c2nccc3ccccc23)c1. The van der Waals surface area contributed by atoms with Crippen LogP contribution in [0.5, 0.6) is 0 Å². The molecule has 4 aromatic rings. The number of fused-ring (bicyclic) bond motifs is 2. The molecule has 3 atom stereocenters. The normalized spacial score (nSPS) is 20.6. The summed E-state index contributed by atoms with van der Waals surface area (Å²) in [4.78, 5) is 38.6. The van der Waals surface area contributed by atoms with Gasteiger partial charge in [0.05, 0.1) is 15.9 Å². The number of likely N-dealkylation sites (tertiary alicyclic amines) is 1. The summed E-state index contributed by atoms with van der Waals surface area (Å²) in [5.41, 5.74) is 3.11. The second-order valence-electron chi connectivity index (χ2n) is 9.56. The van der Waals surface area contributed by atoms with Gasteiger partial charge >= 0.3 is 0 Å². The molecule has 2 fully saturated rings. The zero-order chi connectivity index (χ0) is 24.1. The second kappa shape index (κ2) is 8.57. The highest BCUT2D eigenvalue weighted by molar-refractivity contribution is 7.15. The maximum atomic E-state index is 13.8. The Kier molecular flexibility index (Phi) is 5.37. The molecule has 35 heavy (non-hydrogen) atoms. The smallest absolute Gasteiger partial charge is 0.274 e. The van der Waals surface area contributed by atoms with Gasteiger partial charge in [-0.25, -0.2) is 4.98 Å². The Labute approximate surface area is 208 Å². The third-order valence-electron chi connectivity index (χ3n) is 7.14. The molecule has 7 heteroatoms. The van der Waals surface area contributed by atoms with Crippen molar-refractivity contribution in [2.75, 3.05) is 13.1 Å². The van der Waals surface area contributed by atoms with E-state index in [2.05, 4.69) is 34.3 Å². The molecule has 1 aliphatic heterocycles. The second-order valence-corrected chi connectivity index (χ2v) is 10.8. The van der Waals surface area contributed by atoms with Crippen molar-refractivity contribution >= 4 is 33.9 Å². The monoisotopic (exact) mass is 482 g/mol. The van der Waals surface area contributed by atoms with Gasteiger partial charge in [0.2, 0.25) is 0 Å². The molecule has 0 spiro atoms. The quantitative estimate of drug-likeness (QED) is 0.441. The number of benzene rings is 2. The van der Waals surface area contributed by atoms with Crippen LogP contribution in [-0.4, -0.2) is 45.8 Å². The lowest BCUT2D eigenvalue weighted by Crippen LogP contribution is -2.46. The van der Waals surface area contributed by atoms with Crippen LogP contribution in [0.15, 0.2) is 60.8 Å². The first kappa shape index (κ1) is 21.9. The van der Waals surface area contributed by atoms with Crippen LogP contribution in [0, 0.1) is 25.7 Å². The van der Waals surface area contributed by atoms with E-state index >= 15 is 0 Å². The van der Waals surface area contributed by atoms with Gasteiger partial charge in [-0.15, -0.1) is 11.3 Å². The molecule has 0 radical (unpaired) electrons. The molecule has 0 unspecified atom stereocenters. The van der Waals surface area contributed by atoms with Gasteiger partial charge in [-0.3, -0.25) is 14.6 Å². The molecule has 0 bridgehead atoms. The average molecular weight is 483 g/mol. The summed E-state index contributed by atoms with van der Waals surface area (Å²) < 4.78 is 0. The number of piperidine rings is 1. The van der Waals surface area contributed by atoms with E-state index in [1.54, 1.807) is 17.5 Å². The zero-order valence-electron chi connectivity index (χ0n) is 19.7. The molecule has 176 valence electrons. The van der Waals surface area contributed by atoms with Gasteiger partial charge in [0.15, 0.2) is 0 Å². The van der Waals surface area contributed by atoms with E-state index < -0.39 is 0 Å². The van der Waals surface area contributed by atoms with Crippen LogP contribution >= 0.6 is 11.3 Å². The lowest BCUT2D eigenvalue weighted by molar-refractivity contribution is 0.0690. The summed E-state index contributed by atoms with van der Waals surface area (Å²) in [5.74, 6) is 0.699. The Morgan fingerprint density at radius 1 is 1.09 bits per heavy atom. The van der Waals surface area contributed by atoms with Crippen molar-refractivity contribution in [3.05, 3.63) is 82.8 Å². The number of hydrogen-bond acceptors (Lipinski definition) is 5. The fourth-order valence-electron chi connectivity index (χ4n) is 5.34. The molecule has 1 aliphatic carbocycles. The van der Waals surface area contributed by atoms with Gasteiger partial charge in [-0.05, 0) is 49.1 Å². The van der Waals surface area contributed by atoms with Gasteiger partial charge < -0.3 is 10.2 Å². The largest absolute Gasteiger partial charge is 0.349 e. The molecule has 6 rings (SSSR count). The minimum absolute atomic E-state index is 0.0289. The van der Waals surface area contributed by atoms with Crippen molar-refractivity contribution in [2.45, 2.75) is 26.3 Å². The summed E-state index contributed by atoms with van der Waals surface area (Å²) in [6, 6.07) is 17.8. The number of rotatable bonds is 5. The first-order chi connectivity index (χ1) is 17.0. The molecule has 1 N–H and O–H groups in total. The van der Waals surface area contributed by atoms with Crippen molar-refractivity contribution < 1.29 is 9.59 Å². The Balaban J connectivity index is 1.23. The number of nitrogens with one attached hydrogen (secondary N) is 1. The first-order valence-electron chi connectivity index (χ1n) is 12.0. The van der Waals surface area contributed by atoms with Crippen molar-refractivity contribution in [3.63, 3.8) is 0 Å². The van der Waals surface area contributed by atoms with Crippen LogP contribution in [0.2, 0.25) is 0 Å². The van der Waals surface area contributed by atoms with E-state index in [1.807, 2.05) is 54.3 Å². The third-order valence-corrected chi connectivity index (χ3v) is 8.16. The number of hydrogen-bond donors (Lipinski definition) is 1. The maximum absolute atomic E-state index is 13.8. The van der Waals surface area contributed by atoms with E-state index in [0.717, 1.165) is 44.7 Å². The number of carbonyl (C=O) groups excluding carboxylic acids is 2. The highest BCUT2D eigenvalue weighted by Crippen LogP contribution is 2.50. The zero-order valence-corrected chi connectivity index (χ0v) is 20.5. The topological polar surface area (TPSA) is 75.2 Å². The molecule has 6 nitrogen and oxygen atoms in total. The van der Waals surface area contributed by atoms with E-state index in [1.165, 1.54) is 0 Å². The molecule has 2 aliphatic rings. The highest BCUT2D eigenvalue weighted by Gasteiger charge is 2.54. The van der Waals surface area contributed by atoms with Gasteiger partial charge in [0.25, 0.3) is 11.8 Å². The van der Waals surface area contributed by atoms with Gasteiger partial charge in [0, 0.05) is 24.7 Å². The van der Waals surface area contributed by atoms with Gasteiger partial charge in [-0.2, -0.15) is 0 Å².